The zero-order chi connectivity index (χ0) is 13.8. The highest BCUT2D eigenvalue weighted by molar-refractivity contribution is 7.98. The molecule has 1 N–H and O–H groups in total. The average molecular weight is 300 g/mol. The molecule has 4 nitrogen and oxygen atoms in total. The second-order valence-electron chi connectivity index (χ2n) is 4.89. The van der Waals surface area contributed by atoms with Gasteiger partial charge >= 0.3 is 0 Å². The maximum atomic E-state index is 12.3. The topological polar surface area (TPSA) is 54.9 Å². The van der Waals surface area contributed by atoms with Gasteiger partial charge in [-0.05, 0) is 25.0 Å². The van der Waals surface area contributed by atoms with Crippen molar-refractivity contribution >= 4 is 29.3 Å². The zero-order valence-electron chi connectivity index (χ0n) is 11.1. The Morgan fingerprint density at radius 1 is 1.47 bits per heavy atom. The summed E-state index contributed by atoms with van der Waals surface area (Å²) >= 11 is 7.40. The van der Waals surface area contributed by atoms with Gasteiger partial charge in [0.05, 0.1) is 11.2 Å². The first-order valence-electron chi connectivity index (χ1n) is 6.49. The third-order valence-electron chi connectivity index (χ3n) is 3.55. The number of nitrogens with zero attached hydrogens (tertiary/aromatic N) is 2. The zero-order valence-corrected chi connectivity index (χ0v) is 12.7. The molecule has 104 valence electrons. The molecule has 0 radical (unpaired) electrons. The van der Waals surface area contributed by atoms with E-state index in [0.29, 0.717) is 16.1 Å². The quantitative estimate of drug-likeness (QED) is 0.688. The maximum absolute atomic E-state index is 12.3. The lowest BCUT2D eigenvalue weighted by atomic mass is 9.86. The number of aromatic nitrogens is 2. The summed E-state index contributed by atoms with van der Waals surface area (Å²) in [6.07, 6.45) is 7.97. The molecule has 6 heteroatoms. The molecule has 1 fully saturated rings. The van der Waals surface area contributed by atoms with Crippen LogP contribution < -0.4 is 5.32 Å². The third-order valence-corrected chi connectivity index (χ3v) is 4.39. The Kier molecular flexibility index (Phi) is 5.05. The molecule has 0 unspecified atom stereocenters. The van der Waals surface area contributed by atoms with E-state index in [1.807, 2.05) is 6.26 Å². The van der Waals surface area contributed by atoms with Crippen LogP contribution in [0.2, 0.25) is 5.02 Å². The third kappa shape index (κ3) is 3.60. The summed E-state index contributed by atoms with van der Waals surface area (Å²) in [5.41, 5.74) is 0.277. The molecule has 0 bridgehead atoms. The van der Waals surface area contributed by atoms with Gasteiger partial charge in [-0.2, -0.15) is 0 Å². The Balaban J connectivity index is 2.10. The normalized spacial score (nSPS) is 23.1. The molecule has 2 rings (SSSR count). The fraction of sp³-hybridized carbons (Fsp3) is 0.615. The highest BCUT2D eigenvalue weighted by Crippen LogP contribution is 2.24. The fourth-order valence-corrected chi connectivity index (χ4v) is 2.89. The van der Waals surface area contributed by atoms with Gasteiger partial charge in [0.1, 0.15) is 0 Å². The van der Waals surface area contributed by atoms with Gasteiger partial charge in [-0.15, -0.1) is 0 Å². The van der Waals surface area contributed by atoms with Crippen molar-refractivity contribution in [3.63, 3.8) is 0 Å². The Bertz CT molecular complexity index is 469. The molecule has 19 heavy (non-hydrogen) atoms. The Hall–Kier alpha value is -0.810. The van der Waals surface area contributed by atoms with Crippen LogP contribution >= 0.6 is 23.4 Å². The van der Waals surface area contributed by atoms with Crippen molar-refractivity contribution in [3.8, 4) is 0 Å². The van der Waals surface area contributed by atoms with Crippen LogP contribution in [0.15, 0.2) is 11.4 Å². The number of hydrogen-bond donors (Lipinski definition) is 1. The SMILES string of the molecule is CSc1ncc(Cl)c(C(=O)N[C@@H]2CCCC[C@H]2C)n1. The van der Waals surface area contributed by atoms with Gasteiger partial charge in [0.25, 0.3) is 5.91 Å². The van der Waals surface area contributed by atoms with Crippen molar-refractivity contribution in [2.45, 2.75) is 43.8 Å². The number of nitrogens with one attached hydrogen (secondary N) is 1. The summed E-state index contributed by atoms with van der Waals surface area (Å²) in [6.45, 7) is 2.18. The summed E-state index contributed by atoms with van der Waals surface area (Å²) in [4.78, 5) is 20.5. The number of carbonyl (C=O) groups is 1. The Morgan fingerprint density at radius 2 is 2.21 bits per heavy atom. The Morgan fingerprint density at radius 3 is 2.89 bits per heavy atom. The number of rotatable bonds is 3. The van der Waals surface area contributed by atoms with Gasteiger partial charge in [-0.3, -0.25) is 4.79 Å². The van der Waals surface area contributed by atoms with Crippen LogP contribution in [0.1, 0.15) is 43.1 Å². The lowest BCUT2D eigenvalue weighted by Gasteiger charge is -2.29. The molecule has 1 aliphatic carbocycles. The molecule has 0 aromatic carbocycles. The molecule has 1 aromatic rings. The van der Waals surface area contributed by atoms with E-state index in [0.717, 1.165) is 6.42 Å². The molecule has 1 saturated carbocycles. The monoisotopic (exact) mass is 299 g/mol. The molecule has 1 aliphatic rings. The minimum Gasteiger partial charge on any atom is -0.348 e. The van der Waals surface area contributed by atoms with Crippen LogP contribution in [-0.4, -0.2) is 28.2 Å². The van der Waals surface area contributed by atoms with Crippen molar-refractivity contribution in [3.05, 3.63) is 16.9 Å². The van der Waals surface area contributed by atoms with Crippen LogP contribution in [0, 0.1) is 5.92 Å². The second-order valence-corrected chi connectivity index (χ2v) is 6.08. The van der Waals surface area contributed by atoms with Crippen LogP contribution in [-0.2, 0) is 0 Å². The highest BCUT2D eigenvalue weighted by Gasteiger charge is 2.24. The van der Waals surface area contributed by atoms with Crippen molar-refractivity contribution < 1.29 is 4.79 Å². The number of carbonyl (C=O) groups excluding carboxylic acids is 1. The first-order chi connectivity index (χ1) is 9.11. The van der Waals surface area contributed by atoms with Crippen molar-refractivity contribution in [2.75, 3.05) is 6.26 Å². The predicted molar refractivity (Wildman–Crippen MR) is 77.7 cm³/mol. The van der Waals surface area contributed by atoms with Crippen molar-refractivity contribution in [1.82, 2.24) is 15.3 Å². The standard InChI is InChI=1S/C13H18ClN3OS/c1-8-5-3-4-6-10(8)16-12(18)11-9(14)7-15-13(17-11)19-2/h7-8,10H,3-6H2,1-2H3,(H,16,18)/t8-,10-/m1/s1. The molecule has 1 heterocycles. The smallest absolute Gasteiger partial charge is 0.271 e. The van der Waals surface area contributed by atoms with Gasteiger partial charge in [-0.25, -0.2) is 9.97 Å². The number of amides is 1. The number of hydrogen-bond acceptors (Lipinski definition) is 4. The van der Waals surface area contributed by atoms with Gasteiger partial charge in [0.2, 0.25) is 0 Å². The fourth-order valence-electron chi connectivity index (χ4n) is 2.38. The van der Waals surface area contributed by atoms with Gasteiger partial charge in [-0.1, -0.05) is 43.1 Å². The molecule has 0 aliphatic heterocycles. The van der Waals surface area contributed by atoms with Crippen molar-refractivity contribution in [2.24, 2.45) is 5.92 Å². The van der Waals surface area contributed by atoms with Gasteiger partial charge in [0, 0.05) is 6.04 Å². The van der Waals surface area contributed by atoms with Crippen LogP contribution in [0.3, 0.4) is 0 Å². The van der Waals surface area contributed by atoms with Gasteiger partial charge in [0.15, 0.2) is 10.9 Å². The van der Waals surface area contributed by atoms with E-state index in [2.05, 4.69) is 22.2 Å². The summed E-state index contributed by atoms with van der Waals surface area (Å²) in [5.74, 6) is 0.319. The lowest BCUT2D eigenvalue weighted by Crippen LogP contribution is -2.41. The molecule has 1 aromatic heterocycles. The van der Waals surface area contributed by atoms with Gasteiger partial charge < -0.3 is 5.32 Å². The van der Waals surface area contributed by atoms with E-state index in [-0.39, 0.29) is 17.6 Å². The van der Waals surface area contributed by atoms with E-state index in [1.54, 1.807) is 0 Å². The summed E-state index contributed by atoms with van der Waals surface area (Å²) in [6, 6.07) is 0.227. The van der Waals surface area contributed by atoms with E-state index in [4.69, 9.17) is 11.6 Å². The minimum atomic E-state index is -0.193. The molecule has 1 amide bonds. The van der Waals surface area contributed by atoms with E-state index >= 15 is 0 Å². The van der Waals surface area contributed by atoms with Crippen molar-refractivity contribution in [1.29, 1.82) is 0 Å². The first kappa shape index (κ1) is 14.6. The predicted octanol–water partition coefficient (Wildman–Crippen LogP) is 3.16. The van der Waals surface area contributed by atoms with Crippen LogP contribution in [0.4, 0.5) is 0 Å². The average Bonchev–Trinajstić information content (AvgIpc) is 2.42. The van der Waals surface area contributed by atoms with E-state index in [1.165, 1.54) is 37.2 Å². The molecular formula is C13H18ClN3OS. The van der Waals surface area contributed by atoms with Crippen LogP contribution in [0.5, 0.6) is 0 Å². The lowest BCUT2D eigenvalue weighted by molar-refractivity contribution is 0.0904. The highest BCUT2D eigenvalue weighted by atomic mass is 35.5. The first-order valence-corrected chi connectivity index (χ1v) is 8.09. The summed E-state index contributed by atoms with van der Waals surface area (Å²) in [7, 11) is 0. The largest absolute Gasteiger partial charge is 0.348 e. The minimum absolute atomic E-state index is 0.193. The number of thioether (sulfide) groups is 1. The summed E-state index contributed by atoms with van der Waals surface area (Å²) in [5, 5.41) is 3.92. The Labute approximate surface area is 122 Å². The molecule has 0 saturated heterocycles. The van der Waals surface area contributed by atoms with Crippen LogP contribution in [0.25, 0.3) is 0 Å². The molecule has 0 spiro atoms. The molecule has 2 atom stereocenters. The van der Waals surface area contributed by atoms with E-state index < -0.39 is 0 Å². The maximum Gasteiger partial charge on any atom is 0.271 e. The number of halogens is 1. The summed E-state index contributed by atoms with van der Waals surface area (Å²) < 4.78 is 0. The molecular weight excluding hydrogens is 282 g/mol. The van der Waals surface area contributed by atoms with E-state index in [9.17, 15) is 4.79 Å². The second kappa shape index (κ2) is 6.57.